The van der Waals surface area contributed by atoms with Crippen molar-refractivity contribution in [3.8, 4) is 5.82 Å². The minimum atomic E-state index is -0.346. The highest BCUT2D eigenvalue weighted by atomic mass is 16.2. The van der Waals surface area contributed by atoms with E-state index < -0.39 is 0 Å². The summed E-state index contributed by atoms with van der Waals surface area (Å²) in [6.07, 6.45) is 0.227. The molecule has 0 spiro atoms. The number of anilines is 2. The van der Waals surface area contributed by atoms with Crippen LogP contribution in [0.2, 0.25) is 0 Å². The smallest absolute Gasteiger partial charge is 0.227 e. The molecule has 2 N–H and O–H groups in total. The lowest BCUT2D eigenvalue weighted by Gasteiger charge is -2.16. The maximum atomic E-state index is 12.6. The number of aryl methyl sites for hydroxylation is 3. The minimum Gasteiger partial charge on any atom is -0.368 e. The third-order valence-corrected chi connectivity index (χ3v) is 5.35. The van der Waals surface area contributed by atoms with E-state index in [0.29, 0.717) is 37.1 Å². The molecule has 0 bridgehead atoms. The van der Waals surface area contributed by atoms with E-state index in [0.717, 1.165) is 17.1 Å². The molecule has 0 saturated carbocycles. The molecule has 1 fully saturated rings. The van der Waals surface area contributed by atoms with Gasteiger partial charge in [0, 0.05) is 43.5 Å². The molecule has 3 heterocycles. The molecule has 1 aliphatic rings. The van der Waals surface area contributed by atoms with Crippen molar-refractivity contribution in [2.24, 2.45) is 5.92 Å². The Hall–Kier alpha value is -3.75. The number of para-hydroxylation sites is 1. The number of benzene rings is 1. The van der Waals surface area contributed by atoms with E-state index in [-0.39, 0.29) is 24.2 Å². The fraction of sp³-hybridized carbons (Fsp3) is 0.348. The van der Waals surface area contributed by atoms with Gasteiger partial charge in [0.15, 0.2) is 5.82 Å². The molecule has 9 nitrogen and oxygen atoms in total. The summed E-state index contributed by atoms with van der Waals surface area (Å²) < 4.78 is 1.78. The van der Waals surface area contributed by atoms with Crippen LogP contribution in [-0.4, -0.2) is 51.2 Å². The van der Waals surface area contributed by atoms with E-state index in [9.17, 15) is 9.59 Å². The quantitative estimate of drug-likeness (QED) is 0.554. The lowest BCUT2D eigenvalue weighted by Crippen LogP contribution is -2.35. The van der Waals surface area contributed by atoms with Crippen molar-refractivity contribution in [2.75, 3.05) is 29.9 Å². The van der Waals surface area contributed by atoms with Crippen molar-refractivity contribution < 1.29 is 9.59 Å². The van der Waals surface area contributed by atoms with Crippen molar-refractivity contribution in [1.82, 2.24) is 25.1 Å². The van der Waals surface area contributed by atoms with E-state index in [1.807, 2.05) is 63.2 Å². The van der Waals surface area contributed by atoms with Crippen LogP contribution in [0, 0.1) is 26.7 Å². The zero-order chi connectivity index (χ0) is 22.7. The first kappa shape index (κ1) is 21.5. The van der Waals surface area contributed by atoms with Crippen LogP contribution in [-0.2, 0) is 9.59 Å². The van der Waals surface area contributed by atoms with Crippen LogP contribution in [0.4, 0.5) is 11.5 Å². The second kappa shape index (κ2) is 9.17. The minimum absolute atomic E-state index is 0.0254. The highest BCUT2D eigenvalue weighted by molar-refractivity contribution is 6.00. The number of amides is 2. The lowest BCUT2D eigenvalue weighted by atomic mass is 10.1. The Balaban J connectivity index is 1.30. The summed E-state index contributed by atoms with van der Waals surface area (Å²) in [7, 11) is 0. The van der Waals surface area contributed by atoms with E-state index in [1.54, 1.807) is 9.58 Å². The molecule has 2 amide bonds. The Morgan fingerprint density at radius 2 is 1.88 bits per heavy atom. The topological polar surface area (TPSA) is 105 Å². The van der Waals surface area contributed by atoms with E-state index in [1.165, 1.54) is 0 Å². The Morgan fingerprint density at radius 3 is 2.59 bits per heavy atom. The Kier molecular flexibility index (Phi) is 6.16. The van der Waals surface area contributed by atoms with Crippen molar-refractivity contribution in [2.45, 2.75) is 27.2 Å². The second-order valence-corrected chi connectivity index (χ2v) is 7.96. The third kappa shape index (κ3) is 4.77. The number of rotatable bonds is 7. The Bertz CT molecular complexity index is 1130. The fourth-order valence-corrected chi connectivity index (χ4v) is 3.87. The third-order valence-electron chi connectivity index (χ3n) is 5.35. The average molecular weight is 434 g/mol. The van der Waals surface area contributed by atoms with Gasteiger partial charge < -0.3 is 15.5 Å². The fourth-order valence-electron chi connectivity index (χ4n) is 3.87. The molecule has 2 aromatic heterocycles. The molecule has 166 valence electrons. The first-order chi connectivity index (χ1) is 15.4. The number of nitrogens with one attached hydrogen (secondary N) is 2. The van der Waals surface area contributed by atoms with Gasteiger partial charge in [-0.3, -0.25) is 9.59 Å². The molecule has 0 aliphatic carbocycles. The van der Waals surface area contributed by atoms with Gasteiger partial charge in [0.1, 0.15) is 11.6 Å². The van der Waals surface area contributed by atoms with Gasteiger partial charge in [0.2, 0.25) is 11.8 Å². The molecule has 1 saturated heterocycles. The number of hydrogen-bond donors (Lipinski definition) is 2. The molecule has 1 aromatic carbocycles. The SMILES string of the molecule is Cc1cc(C)n(-c2cc(NCCNC(=O)[C@H]3CC(=O)N(c4ccccc4)C3)nc(C)n2)n1. The largest absolute Gasteiger partial charge is 0.368 e. The van der Waals surface area contributed by atoms with Crippen LogP contribution < -0.4 is 15.5 Å². The average Bonchev–Trinajstić information content (AvgIpc) is 3.32. The summed E-state index contributed by atoms with van der Waals surface area (Å²) in [5.74, 6) is 1.51. The molecule has 32 heavy (non-hydrogen) atoms. The molecular weight excluding hydrogens is 406 g/mol. The van der Waals surface area contributed by atoms with Gasteiger partial charge in [-0.15, -0.1) is 0 Å². The summed E-state index contributed by atoms with van der Waals surface area (Å²) >= 11 is 0. The maximum absolute atomic E-state index is 12.6. The summed E-state index contributed by atoms with van der Waals surface area (Å²) in [5.41, 5.74) is 2.74. The van der Waals surface area contributed by atoms with Crippen LogP contribution in [0.3, 0.4) is 0 Å². The predicted octanol–water partition coefficient (Wildman–Crippen LogP) is 2.17. The van der Waals surface area contributed by atoms with Gasteiger partial charge in [0.25, 0.3) is 0 Å². The van der Waals surface area contributed by atoms with Crippen molar-refractivity contribution >= 4 is 23.3 Å². The van der Waals surface area contributed by atoms with Gasteiger partial charge in [-0.1, -0.05) is 18.2 Å². The number of aromatic nitrogens is 4. The van der Waals surface area contributed by atoms with Gasteiger partial charge in [-0.2, -0.15) is 5.10 Å². The molecule has 0 radical (unpaired) electrons. The van der Waals surface area contributed by atoms with Gasteiger partial charge in [-0.25, -0.2) is 14.6 Å². The number of nitrogens with zero attached hydrogens (tertiary/aromatic N) is 5. The summed E-state index contributed by atoms with van der Waals surface area (Å²) in [4.78, 5) is 35.4. The van der Waals surface area contributed by atoms with Crippen LogP contribution >= 0.6 is 0 Å². The van der Waals surface area contributed by atoms with Crippen molar-refractivity contribution in [1.29, 1.82) is 0 Å². The van der Waals surface area contributed by atoms with Crippen LogP contribution in [0.25, 0.3) is 5.82 Å². The summed E-state index contributed by atoms with van der Waals surface area (Å²) in [6.45, 7) is 7.08. The maximum Gasteiger partial charge on any atom is 0.227 e. The second-order valence-electron chi connectivity index (χ2n) is 7.96. The standard InChI is InChI=1S/C23H27N7O2/c1-15-11-16(2)30(28-15)21-13-20(26-17(3)27-21)24-9-10-25-23(32)18-12-22(31)29(14-18)19-7-5-4-6-8-19/h4-8,11,13,18H,9-10,12,14H2,1-3H3,(H,25,32)(H,24,26,27)/t18-/m0/s1. The Labute approximate surface area is 186 Å². The first-order valence-electron chi connectivity index (χ1n) is 10.7. The number of carbonyl (C=O) groups excluding carboxylic acids is 2. The van der Waals surface area contributed by atoms with Crippen LogP contribution in [0.15, 0.2) is 42.5 Å². The molecule has 9 heteroatoms. The lowest BCUT2D eigenvalue weighted by molar-refractivity contribution is -0.126. The first-order valence-corrected chi connectivity index (χ1v) is 10.7. The van der Waals surface area contributed by atoms with Crippen LogP contribution in [0.5, 0.6) is 0 Å². The van der Waals surface area contributed by atoms with Gasteiger partial charge in [-0.05, 0) is 39.0 Å². The summed E-state index contributed by atoms with van der Waals surface area (Å²) in [6, 6.07) is 13.3. The van der Waals surface area contributed by atoms with E-state index >= 15 is 0 Å². The predicted molar refractivity (Wildman–Crippen MR) is 122 cm³/mol. The van der Waals surface area contributed by atoms with Gasteiger partial charge >= 0.3 is 0 Å². The van der Waals surface area contributed by atoms with E-state index in [4.69, 9.17) is 0 Å². The highest BCUT2D eigenvalue weighted by Gasteiger charge is 2.34. The zero-order valence-corrected chi connectivity index (χ0v) is 18.5. The van der Waals surface area contributed by atoms with Crippen molar-refractivity contribution in [3.63, 3.8) is 0 Å². The highest BCUT2D eigenvalue weighted by Crippen LogP contribution is 2.24. The summed E-state index contributed by atoms with van der Waals surface area (Å²) in [5, 5.41) is 10.6. The molecule has 1 atom stereocenters. The van der Waals surface area contributed by atoms with E-state index in [2.05, 4.69) is 25.7 Å². The molecular formula is C23H27N7O2. The molecule has 4 rings (SSSR count). The van der Waals surface area contributed by atoms with Crippen LogP contribution in [0.1, 0.15) is 23.6 Å². The van der Waals surface area contributed by atoms with Crippen molar-refractivity contribution in [3.05, 3.63) is 59.7 Å². The zero-order valence-electron chi connectivity index (χ0n) is 18.5. The molecule has 3 aromatic rings. The number of carbonyl (C=O) groups is 2. The molecule has 0 unspecified atom stereocenters. The van der Waals surface area contributed by atoms with Gasteiger partial charge in [0.05, 0.1) is 11.6 Å². The monoisotopic (exact) mass is 433 g/mol. The number of hydrogen-bond acceptors (Lipinski definition) is 6. The Morgan fingerprint density at radius 1 is 1.09 bits per heavy atom. The normalized spacial score (nSPS) is 15.8. The molecule has 1 aliphatic heterocycles.